The number of aliphatic hydroxyl groups excluding tert-OH is 2. The van der Waals surface area contributed by atoms with Gasteiger partial charge in [0.25, 0.3) is 0 Å². The maximum Gasteiger partial charge on any atom is 0.243 e. The lowest BCUT2D eigenvalue weighted by Crippen LogP contribution is -2.59. The van der Waals surface area contributed by atoms with Crippen molar-refractivity contribution >= 4 is 5.91 Å². The number of aliphatic hydroxyl groups is 3. The normalized spacial score (nSPS) is 41.4. The van der Waals surface area contributed by atoms with E-state index in [9.17, 15) is 20.1 Å². The van der Waals surface area contributed by atoms with Gasteiger partial charge in [-0.1, -0.05) is 110 Å². The van der Waals surface area contributed by atoms with Crippen LogP contribution in [0.4, 0.5) is 0 Å². The summed E-state index contributed by atoms with van der Waals surface area (Å²) in [5.41, 5.74) is 4.54. The van der Waals surface area contributed by atoms with Crippen LogP contribution in [-0.2, 0) is 14.3 Å². The molecule has 2 aliphatic rings. The molecule has 2 heterocycles. The molecule has 2 rings (SSSR count). The highest BCUT2D eigenvalue weighted by Crippen LogP contribution is 2.23. The summed E-state index contributed by atoms with van der Waals surface area (Å²) >= 11 is 0. The van der Waals surface area contributed by atoms with E-state index in [0.717, 1.165) is 0 Å². The van der Waals surface area contributed by atoms with E-state index in [1.54, 1.807) is 67.7 Å². The predicted octanol–water partition coefficient (Wildman–Crippen LogP) is 2.30. The number of nitrogens with one attached hydrogen (secondary N) is 1. The second kappa shape index (κ2) is 16.7. The van der Waals surface area contributed by atoms with Crippen LogP contribution < -0.4 is 11.1 Å². The highest BCUT2D eigenvalue weighted by molar-refractivity contribution is 5.87. The summed E-state index contributed by atoms with van der Waals surface area (Å²) in [6, 6.07) is -0.989. The van der Waals surface area contributed by atoms with Crippen LogP contribution in [-0.4, -0.2) is 70.6 Å². The van der Waals surface area contributed by atoms with E-state index in [4.69, 9.17) is 15.2 Å². The Hall–Kier alpha value is -3.11. The molecule has 6 N–H and O–H groups in total. The number of carbonyl (C=O) groups is 1. The average Bonchev–Trinajstić information content (AvgIpc) is 2.88. The molecule has 0 saturated carbocycles. The zero-order chi connectivity index (χ0) is 27.8. The number of allylic oxidation sites excluding steroid dienone is 14. The molecule has 206 valence electrons. The molecule has 0 aliphatic carbocycles. The summed E-state index contributed by atoms with van der Waals surface area (Å²) < 4.78 is 11.4. The lowest BCUT2D eigenvalue weighted by molar-refractivity contribution is -0.251. The van der Waals surface area contributed by atoms with Crippen LogP contribution in [0.3, 0.4) is 0 Å². The van der Waals surface area contributed by atoms with Gasteiger partial charge in [-0.05, 0) is 12.8 Å². The van der Waals surface area contributed by atoms with Gasteiger partial charge in [-0.3, -0.25) is 4.79 Å². The number of rotatable bonds is 2. The standard InChI is InChI=1S/C30H40N2O6/c1-23-17-13-9-5-3-4-6-10-14-18-25(38-29-27(31)28(35)24(33)22-37-29)30(2,36)20-16-12-8-7-11-15-19-26(34)32-21-23/h3-20,23-25,27-29,33,35-36H,21-22,31H2,1-2H3,(H,32,34)/b4-3-,9-5-,10-6-,11-7-,12-8-,17-13-,18-14-,19-15+,20-16+/t23-,24+,25+,27+,28-,29-,30+/m1/s1. The van der Waals surface area contributed by atoms with Gasteiger partial charge in [-0.15, -0.1) is 0 Å². The monoisotopic (exact) mass is 524 g/mol. The maximum absolute atomic E-state index is 11.9. The Morgan fingerprint density at radius 1 is 0.921 bits per heavy atom. The van der Waals surface area contributed by atoms with Crippen LogP contribution in [0.5, 0.6) is 0 Å². The van der Waals surface area contributed by atoms with Crippen molar-refractivity contribution < 1.29 is 29.6 Å². The van der Waals surface area contributed by atoms with E-state index < -0.39 is 36.2 Å². The molecule has 8 nitrogen and oxygen atoms in total. The topological polar surface area (TPSA) is 134 Å². The highest BCUT2D eigenvalue weighted by Gasteiger charge is 2.40. The summed E-state index contributed by atoms with van der Waals surface area (Å²) in [4.78, 5) is 11.9. The largest absolute Gasteiger partial charge is 0.389 e. The lowest BCUT2D eigenvalue weighted by atomic mass is 9.96. The Balaban J connectivity index is 2.22. The number of ether oxygens (including phenoxy) is 2. The van der Waals surface area contributed by atoms with Crippen LogP contribution in [0.25, 0.3) is 0 Å². The van der Waals surface area contributed by atoms with Crippen molar-refractivity contribution in [2.24, 2.45) is 11.7 Å². The van der Waals surface area contributed by atoms with Gasteiger partial charge in [0.2, 0.25) is 5.91 Å². The fourth-order valence-electron chi connectivity index (χ4n) is 3.41. The Morgan fingerprint density at radius 2 is 1.47 bits per heavy atom. The fraction of sp³-hybridized carbons (Fsp3) is 0.367. The van der Waals surface area contributed by atoms with Crippen LogP contribution in [0.2, 0.25) is 0 Å². The number of hydrogen-bond acceptors (Lipinski definition) is 7. The van der Waals surface area contributed by atoms with Gasteiger partial charge in [-0.25, -0.2) is 0 Å². The Morgan fingerprint density at radius 3 is 2.13 bits per heavy atom. The van der Waals surface area contributed by atoms with Gasteiger partial charge >= 0.3 is 0 Å². The number of amides is 1. The molecular weight excluding hydrogens is 484 g/mol. The summed E-state index contributed by atoms with van der Waals surface area (Å²) in [5, 5.41) is 33.9. The number of carbonyl (C=O) groups excluding carboxylic acids is 1. The average molecular weight is 525 g/mol. The Bertz CT molecular complexity index is 1000. The SMILES string of the molecule is C[C@@H]1\C=C/C=C\C=C/C=C\C=C/[C@H](O[C@H]2OC[C@H](O)[C@@H](O)[C@@H]2N)[C@@](C)(O)/C=C/C=C\C=C/C=C/C(=O)NC1. The third-order valence-corrected chi connectivity index (χ3v) is 5.73. The van der Waals surface area contributed by atoms with Crippen LogP contribution in [0.15, 0.2) is 109 Å². The minimum absolute atomic E-state index is 0.133. The summed E-state index contributed by atoms with van der Waals surface area (Å²) in [6.45, 7) is 4.01. The molecule has 8 heteroatoms. The first-order chi connectivity index (χ1) is 18.2. The van der Waals surface area contributed by atoms with Crippen molar-refractivity contribution in [1.29, 1.82) is 0 Å². The molecule has 0 aromatic carbocycles. The van der Waals surface area contributed by atoms with E-state index in [0.29, 0.717) is 6.54 Å². The van der Waals surface area contributed by atoms with Crippen LogP contribution in [0.1, 0.15) is 13.8 Å². The molecule has 0 spiro atoms. The van der Waals surface area contributed by atoms with Gasteiger partial charge in [0.05, 0.1) is 12.6 Å². The molecule has 0 aromatic rings. The van der Waals surface area contributed by atoms with Crippen molar-refractivity contribution in [3.05, 3.63) is 109 Å². The third kappa shape index (κ3) is 11.5. The first-order valence-corrected chi connectivity index (χ1v) is 12.6. The minimum Gasteiger partial charge on any atom is -0.389 e. The molecule has 38 heavy (non-hydrogen) atoms. The molecule has 0 unspecified atom stereocenters. The molecule has 0 radical (unpaired) electrons. The molecule has 0 bridgehead atoms. The zero-order valence-electron chi connectivity index (χ0n) is 21.9. The quantitative estimate of drug-likeness (QED) is 0.374. The smallest absolute Gasteiger partial charge is 0.243 e. The van der Waals surface area contributed by atoms with Gasteiger partial charge in [-0.2, -0.15) is 0 Å². The lowest BCUT2D eigenvalue weighted by Gasteiger charge is -2.39. The summed E-state index contributed by atoms with van der Waals surface area (Å²) in [5.74, 6) is 0.0217. The van der Waals surface area contributed by atoms with Crippen molar-refractivity contribution in [2.75, 3.05) is 13.2 Å². The zero-order valence-corrected chi connectivity index (χ0v) is 21.9. The van der Waals surface area contributed by atoms with E-state index >= 15 is 0 Å². The Labute approximate surface area is 225 Å². The first-order valence-electron chi connectivity index (χ1n) is 12.6. The third-order valence-electron chi connectivity index (χ3n) is 5.73. The van der Waals surface area contributed by atoms with Crippen LogP contribution in [0, 0.1) is 5.92 Å². The van der Waals surface area contributed by atoms with Gasteiger partial charge in [0.15, 0.2) is 6.29 Å². The first kappa shape index (κ1) is 31.1. The second-order valence-corrected chi connectivity index (χ2v) is 9.25. The molecule has 2 aliphatic heterocycles. The van der Waals surface area contributed by atoms with E-state index in [1.807, 2.05) is 49.5 Å². The van der Waals surface area contributed by atoms with Crippen LogP contribution >= 0.6 is 0 Å². The molecule has 1 amide bonds. The van der Waals surface area contributed by atoms with E-state index in [-0.39, 0.29) is 18.4 Å². The molecule has 0 aromatic heterocycles. The van der Waals surface area contributed by atoms with Gasteiger partial charge in [0, 0.05) is 12.6 Å². The van der Waals surface area contributed by atoms with Gasteiger partial charge < -0.3 is 35.8 Å². The van der Waals surface area contributed by atoms with Gasteiger partial charge in [0.1, 0.15) is 23.9 Å². The summed E-state index contributed by atoms with van der Waals surface area (Å²) in [6.07, 6.45) is 27.6. The highest BCUT2D eigenvalue weighted by atomic mass is 16.7. The second-order valence-electron chi connectivity index (χ2n) is 9.25. The molecule has 7 atom stereocenters. The predicted molar refractivity (Wildman–Crippen MR) is 150 cm³/mol. The molecular formula is C30H40N2O6. The number of hydrogen-bond donors (Lipinski definition) is 5. The molecule has 1 saturated heterocycles. The van der Waals surface area contributed by atoms with Crippen molar-refractivity contribution in [1.82, 2.24) is 5.32 Å². The molecule has 1 fully saturated rings. The van der Waals surface area contributed by atoms with Crippen molar-refractivity contribution in [3.8, 4) is 0 Å². The number of nitrogens with two attached hydrogens (primary N) is 1. The maximum atomic E-state index is 11.9. The fourth-order valence-corrected chi connectivity index (χ4v) is 3.41. The van der Waals surface area contributed by atoms with Crippen molar-refractivity contribution in [2.45, 2.75) is 50.1 Å². The summed E-state index contributed by atoms with van der Waals surface area (Å²) in [7, 11) is 0. The van der Waals surface area contributed by atoms with E-state index in [2.05, 4.69) is 5.32 Å². The minimum atomic E-state index is -1.46. The Kier molecular flexibility index (Phi) is 13.7. The van der Waals surface area contributed by atoms with Crippen molar-refractivity contribution in [3.63, 3.8) is 0 Å². The van der Waals surface area contributed by atoms with E-state index in [1.165, 1.54) is 6.08 Å².